The number of fused-ring (bicyclic) bond motifs is 1. The van der Waals surface area contributed by atoms with Crippen molar-refractivity contribution in [3.05, 3.63) is 64.1 Å². The molecule has 154 valence electrons. The Balaban J connectivity index is 1.63. The predicted octanol–water partition coefficient (Wildman–Crippen LogP) is 3.47. The zero-order valence-corrected chi connectivity index (χ0v) is 17.9. The average Bonchev–Trinajstić information content (AvgIpc) is 3.12. The second kappa shape index (κ2) is 9.12. The van der Waals surface area contributed by atoms with Gasteiger partial charge in [0.1, 0.15) is 5.60 Å². The molecule has 2 heterocycles. The van der Waals surface area contributed by atoms with E-state index in [1.165, 1.54) is 16.7 Å². The highest BCUT2D eigenvalue weighted by Gasteiger charge is 2.25. The lowest BCUT2D eigenvalue weighted by atomic mass is 9.96. The third kappa shape index (κ3) is 5.83. The van der Waals surface area contributed by atoms with Gasteiger partial charge in [-0.25, -0.2) is 9.78 Å². The summed E-state index contributed by atoms with van der Waals surface area (Å²) in [6.45, 7) is 9.02. The molecule has 1 N–H and O–H groups in total. The molecule has 0 radical (unpaired) electrons. The quantitative estimate of drug-likeness (QED) is 0.865. The lowest BCUT2D eigenvalue weighted by molar-refractivity contribution is 0.0224. The molecular weight excluding hydrogens is 362 g/mol. The Morgan fingerprint density at radius 2 is 2.14 bits per heavy atom. The largest absolute Gasteiger partial charge is 0.444 e. The van der Waals surface area contributed by atoms with E-state index in [0.29, 0.717) is 13.1 Å². The van der Waals surface area contributed by atoms with Crippen LogP contribution < -0.4 is 10.7 Å². The maximum absolute atomic E-state index is 12.3. The van der Waals surface area contributed by atoms with Crippen LogP contribution >= 0.6 is 0 Å². The van der Waals surface area contributed by atoms with Gasteiger partial charge in [0, 0.05) is 13.1 Å². The molecule has 0 saturated heterocycles. The molecule has 1 aromatic carbocycles. The number of carbonyl (C=O) groups excluding carboxylic acids is 1. The number of aryl methyl sites for hydroxylation is 1. The van der Waals surface area contributed by atoms with Crippen molar-refractivity contribution in [2.75, 3.05) is 6.54 Å². The summed E-state index contributed by atoms with van der Waals surface area (Å²) in [5, 5.41) is 2.03. The van der Waals surface area contributed by atoms with Gasteiger partial charge in [0.15, 0.2) is 0 Å². The number of benzene rings is 1. The first-order valence-electron chi connectivity index (χ1n) is 10.3. The molecule has 0 saturated carbocycles. The fourth-order valence-corrected chi connectivity index (χ4v) is 3.42. The smallest absolute Gasteiger partial charge is 0.410 e. The fraction of sp³-hybridized carbons (Fsp3) is 0.417. The van der Waals surface area contributed by atoms with Crippen LogP contribution in [0.15, 0.2) is 36.7 Å². The molecule has 0 aliphatic carbocycles. The van der Waals surface area contributed by atoms with Crippen molar-refractivity contribution in [2.24, 2.45) is 0 Å². The summed E-state index contributed by atoms with van der Waals surface area (Å²) in [7, 11) is 0. The van der Waals surface area contributed by atoms with Crippen LogP contribution in [0.5, 0.6) is 0 Å². The molecular formula is C24H31N3O2. The zero-order chi connectivity index (χ0) is 20.9. The van der Waals surface area contributed by atoms with Crippen LogP contribution in [0.4, 0.5) is 4.79 Å². The number of nitrogens with zero attached hydrogens (tertiary/aromatic N) is 2. The molecule has 0 bridgehead atoms. The van der Waals surface area contributed by atoms with E-state index in [0.717, 1.165) is 30.0 Å². The Hall–Kier alpha value is -2.82. The van der Waals surface area contributed by atoms with Crippen LogP contribution in [0.3, 0.4) is 0 Å². The number of aromatic amines is 1. The second-order valence-electron chi connectivity index (χ2n) is 8.39. The van der Waals surface area contributed by atoms with E-state index in [-0.39, 0.29) is 6.09 Å². The van der Waals surface area contributed by atoms with Gasteiger partial charge in [0.25, 0.3) is 0 Å². The van der Waals surface area contributed by atoms with E-state index in [1.807, 2.05) is 45.9 Å². The van der Waals surface area contributed by atoms with Crippen LogP contribution in [0.2, 0.25) is 0 Å². The van der Waals surface area contributed by atoms with Crippen molar-refractivity contribution in [1.82, 2.24) is 14.9 Å². The number of hydrogen-bond donors (Lipinski definition) is 1. The molecule has 0 atom stereocenters. The Labute approximate surface area is 172 Å². The molecule has 1 amide bonds. The maximum Gasteiger partial charge on any atom is 0.410 e. The number of rotatable bonds is 4. The first kappa shape index (κ1) is 20.9. The first-order chi connectivity index (χ1) is 13.9. The predicted molar refractivity (Wildman–Crippen MR) is 117 cm³/mol. The Morgan fingerprint density at radius 3 is 2.90 bits per heavy atom. The number of allylic oxidation sites excluding steroid dienone is 2. The summed E-state index contributed by atoms with van der Waals surface area (Å²) < 4.78 is 5.51. The highest BCUT2D eigenvalue weighted by atomic mass is 16.6. The number of carbonyl (C=O) groups is 1. The van der Waals surface area contributed by atoms with E-state index in [1.54, 1.807) is 11.2 Å². The molecule has 0 unspecified atom stereocenters. The Morgan fingerprint density at radius 1 is 1.31 bits per heavy atom. The number of amides is 1. The van der Waals surface area contributed by atoms with Gasteiger partial charge in [-0.1, -0.05) is 36.4 Å². The molecule has 3 rings (SSSR count). The van der Waals surface area contributed by atoms with Gasteiger partial charge < -0.3 is 14.6 Å². The topological polar surface area (TPSA) is 58.2 Å². The lowest BCUT2D eigenvalue weighted by Gasteiger charge is -2.31. The summed E-state index contributed by atoms with van der Waals surface area (Å²) >= 11 is 0. The van der Waals surface area contributed by atoms with Gasteiger partial charge in [-0.05, 0) is 69.7 Å². The van der Waals surface area contributed by atoms with Crippen LogP contribution in [0.25, 0.3) is 12.2 Å². The number of ether oxygens (including phenoxy) is 1. The van der Waals surface area contributed by atoms with E-state index in [2.05, 4.69) is 34.2 Å². The van der Waals surface area contributed by atoms with Crippen molar-refractivity contribution in [3.8, 4) is 0 Å². The number of imidazole rings is 1. The van der Waals surface area contributed by atoms with Gasteiger partial charge in [0.2, 0.25) is 0 Å². The first-order valence-corrected chi connectivity index (χ1v) is 10.3. The van der Waals surface area contributed by atoms with Crippen LogP contribution in [-0.2, 0) is 24.1 Å². The molecule has 0 spiro atoms. The van der Waals surface area contributed by atoms with Crippen LogP contribution in [-0.4, -0.2) is 33.1 Å². The minimum absolute atomic E-state index is 0.230. The molecule has 29 heavy (non-hydrogen) atoms. The zero-order valence-electron chi connectivity index (χ0n) is 17.9. The molecule has 1 aromatic heterocycles. The number of hydrogen-bond acceptors (Lipinski definition) is 3. The highest BCUT2D eigenvalue weighted by molar-refractivity contribution is 5.68. The highest BCUT2D eigenvalue weighted by Crippen LogP contribution is 2.22. The van der Waals surface area contributed by atoms with E-state index in [4.69, 9.17) is 4.74 Å². The summed E-state index contributed by atoms with van der Waals surface area (Å²) in [6, 6.07) is 6.61. The number of aromatic nitrogens is 2. The van der Waals surface area contributed by atoms with E-state index < -0.39 is 5.60 Å². The van der Waals surface area contributed by atoms with Crippen molar-refractivity contribution in [2.45, 2.75) is 59.1 Å². The average molecular weight is 394 g/mol. The van der Waals surface area contributed by atoms with Crippen molar-refractivity contribution < 1.29 is 9.53 Å². The van der Waals surface area contributed by atoms with Crippen molar-refractivity contribution in [1.29, 1.82) is 0 Å². The monoisotopic (exact) mass is 393 g/mol. The standard InChI is InChI=1S/C24H31N3O2/c1-5-6-9-21-22(26-17-25-21)10-7-8-18-11-12-20-16-27(14-13-19(20)15-18)23(28)29-24(2,3)4/h5-6,9-12,15,17H,7-8,13-14,16H2,1-4H3,(H,25,26)/b6-5-,21-9+,22-10+. The third-order valence-corrected chi connectivity index (χ3v) is 4.86. The number of H-pyrrole nitrogens is 1. The van der Waals surface area contributed by atoms with Crippen LogP contribution in [0.1, 0.15) is 50.8 Å². The van der Waals surface area contributed by atoms with Gasteiger partial charge in [0.05, 0.1) is 17.0 Å². The van der Waals surface area contributed by atoms with Crippen LogP contribution in [0, 0.1) is 0 Å². The maximum atomic E-state index is 12.3. The van der Waals surface area contributed by atoms with Crippen molar-refractivity contribution >= 4 is 18.2 Å². The molecule has 1 aliphatic rings. The molecule has 5 heteroatoms. The molecule has 1 aliphatic heterocycles. The summed E-state index contributed by atoms with van der Waals surface area (Å²) in [5.41, 5.74) is 3.41. The Bertz CT molecular complexity index is 996. The lowest BCUT2D eigenvalue weighted by Crippen LogP contribution is -2.39. The van der Waals surface area contributed by atoms with E-state index >= 15 is 0 Å². The van der Waals surface area contributed by atoms with Gasteiger partial charge >= 0.3 is 6.09 Å². The summed E-state index contributed by atoms with van der Waals surface area (Å²) in [6.07, 6.45) is 12.5. The summed E-state index contributed by atoms with van der Waals surface area (Å²) in [4.78, 5) is 21.7. The second-order valence-corrected chi connectivity index (χ2v) is 8.39. The van der Waals surface area contributed by atoms with Crippen molar-refractivity contribution in [3.63, 3.8) is 0 Å². The third-order valence-electron chi connectivity index (χ3n) is 4.86. The van der Waals surface area contributed by atoms with Gasteiger partial charge in [-0.3, -0.25) is 0 Å². The van der Waals surface area contributed by atoms with E-state index in [9.17, 15) is 4.79 Å². The molecule has 5 nitrogen and oxygen atoms in total. The SMILES string of the molecule is C\C=C/C=c1/[nH]cn/c1=C/CCc1ccc2c(c1)CCN(C(=O)OC(C)(C)C)C2. The van der Waals surface area contributed by atoms with Gasteiger partial charge in [-0.15, -0.1) is 0 Å². The Kier molecular flexibility index (Phi) is 6.57. The van der Waals surface area contributed by atoms with Gasteiger partial charge in [-0.2, -0.15) is 0 Å². The minimum Gasteiger partial charge on any atom is -0.444 e. The fourth-order valence-electron chi connectivity index (χ4n) is 3.42. The molecule has 2 aromatic rings. The molecule has 0 fully saturated rings. The normalized spacial score (nSPS) is 15.8. The number of nitrogens with one attached hydrogen (secondary N) is 1. The minimum atomic E-state index is -0.462. The summed E-state index contributed by atoms with van der Waals surface area (Å²) in [5.74, 6) is 0.